The number of hydrogen-bond donors (Lipinski definition) is 2. The highest BCUT2D eigenvalue weighted by Crippen LogP contribution is 2.19. The second-order valence-electron chi connectivity index (χ2n) is 5.21. The molecule has 0 saturated heterocycles. The Labute approximate surface area is 144 Å². The van der Waals surface area contributed by atoms with Crippen LogP contribution in [0.25, 0.3) is 0 Å². The number of carbonyl (C=O) groups excluding carboxylic acids is 1. The number of hydrogen-bond acceptors (Lipinski definition) is 4. The molecule has 2 N–H and O–H groups in total. The lowest BCUT2D eigenvalue weighted by Gasteiger charge is -2.15. The van der Waals surface area contributed by atoms with E-state index in [4.69, 9.17) is 4.74 Å². The van der Waals surface area contributed by atoms with Gasteiger partial charge in [0.25, 0.3) is 0 Å². The molecular weight excluding hydrogens is 332 g/mol. The lowest BCUT2D eigenvalue weighted by Crippen LogP contribution is -2.36. The largest absolute Gasteiger partial charge is 0.481 e. The molecule has 134 valence electrons. The molecule has 2 rings (SSSR count). The Kier molecular flexibility index (Phi) is 6.50. The number of alkyl halides is 2. The van der Waals surface area contributed by atoms with Gasteiger partial charge < -0.3 is 20.1 Å². The molecule has 0 radical (unpaired) electrons. The summed E-state index contributed by atoms with van der Waals surface area (Å²) < 4.78 is 33.5. The van der Waals surface area contributed by atoms with Crippen molar-refractivity contribution in [3.05, 3.63) is 53.7 Å². The summed E-state index contributed by atoms with van der Waals surface area (Å²) >= 11 is 0. The van der Waals surface area contributed by atoms with Gasteiger partial charge in [0.05, 0.1) is 13.2 Å². The Hall–Kier alpha value is -2.90. The van der Waals surface area contributed by atoms with E-state index in [9.17, 15) is 13.6 Å². The van der Waals surface area contributed by atoms with Gasteiger partial charge in [-0.3, -0.25) is 0 Å². The van der Waals surface area contributed by atoms with Gasteiger partial charge in [-0.1, -0.05) is 18.2 Å². The fourth-order valence-electron chi connectivity index (χ4n) is 2.09. The molecule has 1 atom stereocenters. The number of nitrogens with zero attached hydrogens (tertiary/aromatic N) is 1. The summed E-state index contributed by atoms with van der Waals surface area (Å²) in [6, 6.07) is 8.97. The zero-order valence-corrected chi connectivity index (χ0v) is 13.8. The Morgan fingerprint density at radius 1 is 1.20 bits per heavy atom. The van der Waals surface area contributed by atoms with Crippen molar-refractivity contribution in [2.75, 3.05) is 7.11 Å². The molecule has 25 heavy (non-hydrogen) atoms. The van der Waals surface area contributed by atoms with Crippen LogP contribution in [-0.4, -0.2) is 24.7 Å². The minimum Gasteiger partial charge on any atom is -0.481 e. The van der Waals surface area contributed by atoms with Gasteiger partial charge in [0.1, 0.15) is 5.75 Å². The minimum absolute atomic E-state index is 0.0717. The smallest absolute Gasteiger partial charge is 0.387 e. The number of benzene rings is 1. The summed E-state index contributed by atoms with van der Waals surface area (Å²) in [4.78, 5) is 16.0. The van der Waals surface area contributed by atoms with E-state index in [1.807, 2.05) is 0 Å². The molecule has 0 aliphatic heterocycles. The maximum absolute atomic E-state index is 12.1. The lowest BCUT2D eigenvalue weighted by atomic mass is 10.1. The molecule has 0 bridgehead atoms. The van der Waals surface area contributed by atoms with Gasteiger partial charge in [0.15, 0.2) is 0 Å². The highest BCUT2D eigenvalue weighted by atomic mass is 19.3. The van der Waals surface area contributed by atoms with Crippen molar-refractivity contribution >= 4 is 6.03 Å². The summed E-state index contributed by atoms with van der Waals surface area (Å²) in [5, 5.41) is 5.48. The Morgan fingerprint density at radius 2 is 1.92 bits per heavy atom. The first-order chi connectivity index (χ1) is 12.0. The molecular formula is C17H19F2N3O3. The summed E-state index contributed by atoms with van der Waals surface area (Å²) in [5.74, 6) is 0.573. The van der Waals surface area contributed by atoms with E-state index in [0.29, 0.717) is 12.4 Å². The fraction of sp³-hybridized carbons (Fsp3) is 0.294. The van der Waals surface area contributed by atoms with E-state index in [0.717, 1.165) is 11.1 Å². The summed E-state index contributed by atoms with van der Waals surface area (Å²) in [6.45, 7) is -0.756. The quantitative estimate of drug-likeness (QED) is 0.803. The summed E-state index contributed by atoms with van der Waals surface area (Å²) in [6.07, 6.45) is 1.62. The van der Waals surface area contributed by atoms with Crippen LogP contribution in [0.4, 0.5) is 13.6 Å². The van der Waals surface area contributed by atoms with Crippen molar-refractivity contribution in [1.82, 2.24) is 15.6 Å². The molecule has 0 saturated carbocycles. The van der Waals surface area contributed by atoms with Crippen LogP contribution >= 0.6 is 0 Å². The van der Waals surface area contributed by atoms with Crippen LogP contribution < -0.4 is 20.1 Å². The highest BCUT2D eigenvalue weighted by Gasteiger charge is 2.10. The molecule has 2 aromatic rings. The SMILES string of the molecule is COc1ccc(CNC(=O)NC(C)c2ccc(OC(F)F)cc2)cn1. The monoisotopic (exact) mass is 351 g/mol. The van der Waals surface area contributed by atoms with E-state index in [1.165, 1.54) is 19.2 Å². The number of amides is 2. The number of urea groups is 1. The van der Waals surface area contributed by atoms with Crippen molar-refractivity contribution < 1.29 is 23.0 Å². The molecule has 0 spiro atoms. The van der Waals surface area contributed by atoms with Crippen LogP contribution in [0, 0.1) is 0 Å². The van der Waals surface area contributed by atoms with Crippen molar-refractivity contribution in [2.24, 2.45) is 0 Å². The fourth-order valence-corrected chi connectivity index (χ4v) is 2.09. The molecule has 6 nitrogen and oxygen atoms in total. The third kappa shape index (κ3) is 5.91. The number of methoxy groups -OCH3 is 1. The number of rotatable bonds is 7. The topological polar surface area (TPSA) is 72.5 Å². The van der Waals surface area contributed by atoms with Crippen LogP contribution in [0.5, 0.6) is 11.6 Å². The van der Waals surface area contributed by atoms with Crippen LogP contribution in [0.2, 0.25) is 0 Å². The van der Waals surface area contributed by atoms with Crippen molar-refractivity contribution in [3.8, 4) is 11.6 Å². The van der Waals surface area contributed by atoms with Gasteiger partial charge >= 0.3 is 12.6 Å². The standard InChI is InChI=1S/C17H19F2N3O3/c1-11(13-4-6-14(7-5-13)25-16(18)19)22-17(23)21-10-12-3-8-15(24-2)20-9-12/h3-9,11,16H,10H2,1-2H3,(H2,21,22,23). The van der Waals surface area contributed by atoms with E-state index in [2.05, 4.69) is 20.4 Å². The first-order valence-corrected chi connectivity index (χ1v) is 7.56. The van der Waals surface area contributed by atoms with Gasteiger partial charge in [-0.15, -0.1) is 0 Å². The normalized spacial score (nSPS) is 11.7. The molecule has 8 heteroatoms. The lowest BCUT2D eigenvalue weighted by molar-refractivity contribution is -0.0498. The molecule has 2 amide bonds. The number of nitrogens with one attached hydrogen (secondary N) is 2. The summed E-state index contributed by atoms with van der Waals surface area (Å²) in [5.41, 5.74) is 1.60. The van der Waals surface area contributed by atoms with Crippen LogP contribution in [0.15, 0.2) is 42.6 Å². The second-order valence-corrected chi connectivity index (χ2v) is 5.21. The van der Waals surface area contributed by atoms with Crippen molar-refractivity contribution in [1.29, 1.82) is 0 Å². The summed E-state index contributed by atoms with van der Waals surface area (Å²) in [7, 11) is 1.53. The first kappa shape index (κ1) is 18.4. The van der Waals surface area contributed by atoms with E-state index >= 15 is 0 Å². The van der Waals surface area contributed by atoms with E-state index < -0.39 is 6.61 Å². The van der Waals surface area contributed by atoms with Crippen LogP contribution in [0.1, 0.15) is 24.1 Å². The Balaban J connectivity index is 1.82. The average Bonchev–Trinajstić information content (AvgIpc) is 2.60. The van der Waals surface area contributed by atoms with E-state index in [1.54, 1.807) is 37.4 Å². The zero-order chi connectivity index (χ0) is 18.2. The first-order valence-electron chi connectivity index (χ1n) is 7.56. The number of carbonyl (C=O) groups is 1. The van der Waals surface area contributed by atoms with Crippen molar-refractivity contribution in [3.63, 3.8) is 0 Å². The van der Waals surface area contributed by atoms with Crippen LogP contribution in [0.3, 0.4) is 0 Å². The molecule has 0 aliphatic carbocycles. The third-order valence-corrected chi connectivity index (χ3v) is 3.41. The van der Waals surface area contributed by atoms with Crippen LogP contribution in [-0.2, 0) is 6.54 Å². The van der Waals surface area contributed by atoms with Gasteiger partial charge in [-0.25, -0.2) is 9.78 Å². The molecule has 1 aromatic heterocycles. The minimum atomic E-state index is -2.86. The number of halogens is 2. The maximum atomic E-state index is 12.1. The predicted octanol–water partition coefficient (Wildman–Crippen LogP) is 3.25. The molecule has 1 unspecified atom stereocenters. The second kappa shape index (κ2) is 8.81. The molecule has 1 aromatic carbocycles. The average molecular weight is 351 g/mol. The molecule has 0 aliphatic rings. The van der Waals surface area contributed by atoms with E-state index in [-0.39, 0.29) is 17.8 Å². The zero-order valence-electron chi connectivity index (χ0n) is 13.8. The maximum Gasteiger partial charge on any atom is 0.387 e. The van der Waals surface area contributed by atoms with Gasteiger partial charge in [-0.05, 0) is 30.2 Å². The predicted molar refractivity (Wildman–Crippen MR) is 87.6 cm³/mol. The van der Waals surface area contributed by atoms with Gasteiger partial charge in [-0.2, -0.15) is 8.78 Å². The van der Waals surface area contributed by atoms with Gasteiger partial charge in [0, 0.05) is 18.8 Å². The highest BCUT2D eigenvalue weighted by molar-refractivity contribution is 5.74. The number of pyridine rings is 1. The number of aromatic nitrogens is 1. The Morgan fingerprint density at radius 3 is 2.48 bits per heavy atom. The number of ether oxygens (including phenoxy) is 2. The third-order valence-electron chi connectivity index (χ3n) is 3.41. The van der Waals surface area contributed by atoms with Gasteiger partial charge in [0.2, 0.25) is 5.88 Å². The molecule has 0 fully saturated rings. The Bertz CT molecular complexity index is 679. The van der Waals surface area contributed by atoms with Crippen molar-refractivity contribution in [2.45, 2.75) is 26.1 Å². The molecule has 1 heterocycles.